The second kappa shape index (κ2) is 10.6. The standard InChI is InChI=1S/C21H24ClN9O2/c1-12(2)29-18-4-17(15-9-28-31-11-13(22)6-27-20(15)31)26-8-16(18)21(33)30-14(5-23)7-25-10-19(32)24-3/h4-9,11-12H,10,23H2,1-3H3,(H,24,32)(H,26,29)(H,30,33). The number of hydrogen-bond acceptors (Lipinski definition) is 8. The van der Waals surface area contributed by atoms with Crippen LogP contribution in [-0.2, 0) is 4.79 Å². The zero-order valence-corrected chi connectivity index (χ0v) is 19.1. The molecule has 0 aliphatic heterocycles. The Morgan fingerprint density at radius 3 is 2.76 bits per heavy atom. The van der Waals surface area contributed by atoms with E-state index in [1.54, 1.807) is 23.0 Å². The van der Waals surface area contributed by atoms with Crippen molar-refractivity contribution < 1.29 is 9.59 Å². The van der Waals surface area contributed by atoms with Crippen molar-refractivity contribution in [3.63, 3.8) is 0 Å². The molecule has 5 N–H and O–H groups in total. The number of nitrogens with one attached hydrogen (secondary N) is 3. The van der Waals surface area contributed by atoms with E-state index in [1.807, 2.05) is 13.8 Å². The number of carbonyl (C=O) groups is 2. The summed E-state index contributed by atoms with van der Waals surface area (Å²) in [6.07, 6.45) is 8.79. The summed E-state index contributed by atoms with van der Waals surface area (Å²) >= 11 is 5.98. The molecule has 0 saturated heterocycles. The van der Waals surface area contributed by atoms with Crippen LogP contribution in [0.15, 0.2) is 47.7 Å². The van der Waals surface area contributed by atoms with E-state index >= 15 is 0 Å². The Kier molecular flexibility index (Phi) is 7.57. The van der Waals surface area contributed by atoms with Crippen molar-refractivity contribution in [3.8, 4) is 11.3 Å². The second-order valence-corrected chi connectivity index (χ2v) is 7.67. The number of halogens is 1. The van der Waals surface area contributed by atoms with Gasteiger partial charge in [-0.25, -0.2) is 9.50 Å². The van der Waals surface area contributed by atoms with Crippen LogP contribution in [0.2, 0.25) is 5.02 Å². The molecule has 0 saturated carbocycles. The molecule has 0 spiro atoms. The van der Waals surface area contributed by atoms with Crippen molar-refractivity contribution in [1.82, 2.24) is 30.2 Å². The molecule has 0 aromatic carbocycles. The second-order valence-electron chi connectivity index (χ2n) is 7.23. The van der Waals surface area contributed by atoms with E-state index in [2.05, 4.69) is 36.0 Å². The van der Waals surface area contributed by atoms with E-state index in [4.69, 9.17) is 17.3 Å². The molecule has 11 nitrogen and oxygen atoms in total. The Morgan fingerprint density at radius 1 is 1.27 bits per heavy atom. The van der Waals surface area contributed by atoms with Crippen molar-refractivity contribution in [2.24, 2.45) is 10.7 Å². The van der Waals surface area contributed by atoms with Crippen LogP contribution in [0, 0.1) is 0 Å². The number of pyridine rings is 1. The average Bonchev–Trinajstić information content (AvgIpc) is 3.20. The van der Waals surface area contributed by atoms with Crippen molar-refractivity contribution in [1.29, 1.82) is 0 Å². The number of nitrogens with zero attached hydrogens (tertiary/aromatic N) is 5. The maximum atomic E-state index is 12.9. The van der Waals surface area contributed by atoms with Gasteiger partial charge < -0.3 is 21.7 Å². The van der Waals surface area contributed by atoms with Crippen LogP contribution in [-0.4, -0.2) is 57.2 Å². The quantitative estimate of drug-likeness (QED) is 0.366. The number of amides is 2. The van der Waals surface area contributed by atoms with Gasteiger partial charge in [-0.05, 0) is 19.9 Å². The van der Waals surface area contributed by atoms with Crippen molar-refractivity contribution >= 4 is 41.0 Å². The van der Waals surface area contributed by atoms with Gasteiger partial charge >= 0.3 is 0 Å². The van der Waals surface area contributed by atoms with Gasteiger partial charge in [-0.15, -0.1) is 0 Å². The highest BCUT2D eigenvalue weighted by Crippen LogP contribution is 2.27. The van der Waals surface area contributed by atoms with Gasteiger partial charge in [0.1, 0.15) is 6.54 Å². The smallest absolute Gasteiger partial charge is 0.259 e. The zero-order valence-electron chi connectivity index (χ0n) is 18.3. The van der Waals surface area contributed by atoms with Crippen LogP contribution in [0.4, 0.5) is 5.69 Å². The minimum atomic E-state index is -0.440. The molecule has 3 aromatic rings. The number of aliphatic imine (C=N–C) groups is 1. The lowest BCUT2D eigenvalue weighted by Crippen LogP contribution is -2.27. The van der Waals surface area contributed by atoms with E-state index < -0.39 is 5.91 Å². The molecule has 0 fully saturated rings. The molecule has 0 radical (unpaired) electrons. The summed E-state index contributed by atoms with van der Waals surface area (Å²) < 4.78 is 1.56. The summed E-state index contributed by atoms with van der Waals surface area (Å²) in [7, 11) is 1.51. The molecule has 0 aliphatic rings. The van der Waals surface area contributed by atoms with Gasteiger partial charge in [0.25, 0.3) is 5.91 Å². The third-order valence-corrected chi connectivity index (χ3v) is 4.57. The minimum absolute atomic E-state index is 0.0475. The summed E-state index contributed by atoms with van der Waals surface area (Å²) in [6, 6.07) is 1.81. The first kappa shape index (κ1) is 23.7. The number of nitrogens with two attached hydrogens (primary N) is 1. The van der Waals surface area contributed by atoms with Gasteiger partial charge in [0.2, 0.25) is 5.91 Å². The Bertz CT molecular complexity index is 1230. The molecule has 3 rings (SSSR count). The predicted molar refractivity (Wildman–Crippen MR) is 127 cm³/mol. The Hall–Kier alpha value is -3.99. The highest BCUT2D eigenvalue weighted by Gasteiger charge is 2.17. The number of likely N-dealkylation sites (N-methyl/N-ethyl adjacent to an activating group) is 1. The SMILES string of the molecule is CNC(=O)CN=CC(=CN)NC(=O)c1cnc(-c2cnn3cc(Cl)cnc23)cc1NC(C)C. The molecule has 2 amide bonds. The lowest BCUT2D eigenvalue weighted by Gasteiger charge is -2.15. The van der Waals surface area contributed by atoms with Gasteiger partial charge in [-0.2, -0.15) is 5.10 Å². The normalized spacial score (nSPS) is 11.8. The van der Waals surface area contributed by atoms with Gasteiger partial charge in [0.15, 0.2) is 5.65 Å². The average molecular weight is 470 g/mol. The molecular weight excluding hydrogens is 446 g/mol. The molecule has 0 aliphatic carbocycles. The molecule has 3 heterocycles. The maximum Gasteiger partial charge on any atom is 0.259 e. The predicted octanol–water partition coefficient (Wildman–Crippen LogP) is 1.61. The van der Waals surface area contributed by atoms with Crippen LogP contribution in [0.5, 0.6) is 0 Å². The van der Waals surface area contributed by atoms with Crippen molar-refractivity contribution in [2.45, 2.75) is 19.9 Å². The Labute approximate surface area is 195 Å². The third kappa shape index (κ3) is 5.83. The lowest BCUT2D eigenvalue weighted by molar-refractivity contribution is -0.119. The van der Waals surface area contributed by atoms with Crippen molar-refractivity contribution in [3.05, 3.63) is 53.3 Å². The number of rotatable bonds is 8. The Balaban J connectivity index is 1.90. The fourth-order valence-electron chi connectivity index (χ4n) is 2.87. The van der Waals surface area contributed by atoms with Gasteiger partial charge in [0.05, 0.1) is 45.6 Å². The molecule has 172 valence electrons. The van der Waals surface area contributed by atoms with E-state index in [1.165, 1.54) is 31.9 Å². The first-order chi connectivity index (χ1) is 15.8. The monoisotopic (exact) mass is 469 g/mol. The van der Waals surface area contributed by atoms with Crippen LogP contribution < -0.4 is 21.7 Å². The molecule has 33 heavy (non-hydrogen) atoms. The first-order valence-electron chi connectivity index (χ1n) is 10.0. The van der Waals surface area contributed by atoms with Crippen LogP contribution >= 0.6 is 11.6 Å². The zero-order chi connectivity index (χ0) is 24.0. The molecule has 3 aromatic heterocycles. The molecular formula is C21H24ClN9O2. The largest absolute Gasteiger partial charge is 0.403 e. The summed E-state index contributed by atoms with van der Waals surface area (Å²) in [5, 5.41) is 13.1. The minimum Gasteiger partial charge on any atom is -0.403 e. The van der Waals surface area contributed by atoms with E-state index in [0.717, 1.165) is 0 Å². The molecule has 0 atom stereocenters. The number of allylic oxidation sites excluding steroid dienone is 1. The van der Waals surface area contributed by atoms with E-state index in [9.17, 15) is 9.59 Å². The van der Waals surface area contributed by atoms with Gasteiger partial charge in [0, 0.05) is 37.9 Å². The summed E-state index contributed by atoms with van der Waals surface area (Å²) in [4.78, 5) is 37.0. The number of anilines is 1. The molecule has 12 heteroatoms. The Morgan fingerprint density at radius 2 is 2.06 bits per heavy atom. The highest BCUT2D eigenvalue weighted by molar-refractivity contribution is 6.30. The molecule has 0 unspecified atom stereocenters. The maximum absolute atomic E-state index is 12.9. The number of fused-ring (bicyclic) bond motifs is 1. The topological polar surface area (TPSA) is 152 Å². The summed E-state index contributed by atoms with van der Waals surface area (Å²) in [5.41, 5.74) is 8.57. The van der Waals surface area contributed by atoms with Gasteiger partial charge in [-0.1, -0.05) is 11.6 Å². The van der Waals surface area contributed by atoms with E-state index in [0.29, 0.717) is 33.2 Å². The third-order valence-electron chi connectivity index (χ3n) is 4.38. The van der Waals surface area contributed by atoms with E-state index in [-0.39, 0.29) is 24.2 Å². The molecule has 0 bridgehead atoms. The van der Waals surface area contributed by atoms with Gasteiger partial charge in [-0.3, -0.25) is 19.6 Å². The van der Waals surface area contributed by atoms with Crippen LogP contribution in [0.3, 0.4) is 0 Å². The number of aromatic nitrogens is 4. The van der Waals surface area contributed by atoms with Crippen LogP contribution in [0.1, 0.15) is 24.2 Å². The number of carbonyl (C=O) groups excluding carboxylic acids is 2. The first-order valence-corrected chi connectivity index (χ1v) is 10.4. The van der Waals surface area contributed by atoms with Crippen LogP contribution in [0.25, 0.3) is 16.9 Å². The highest BCUT2D eigenvalue weighted by atomic mass is 35.5. The fraction of sp³-hybridized carbons (Fsp3) is 0.238. The summed E-state index contributed by atoms with van der Waals surface area (Å²) in [5.74, 6) is -0.702. The fourth-order valence-corrected chi connectivity index (χ4v) is 3.01. The number of hydrogen-bond donors (Lipinski definition) is 4. The summed E-state index contributed by atoms with van der Waals surface area (Å²) in [6.45, 7) is 3.83. The lowest BCUT2D eigenvalue weighted by atomic mass is 10.1. The van der Waals surface area contributed by atoms with Crippen molar-refractivity contribution in [2.75, 3.05) is 18.9 Å².